The molecule has 1 aliphatic heterocycles. The number of nitrogens with zero attached hydrogens (tertiary/aromatic N) is 4. The first-order valence-corrected chi connectivity index (χ1v) is 11.1. The molecule has 2 aliphatic rings. The van der Waals surface area contributed by atoms with Crippen molar-refractivity contribution >= 4 is 35.2 Å². The number of hydrogen-bond donors (Lipinski definition) is 1. The molecule has 1 aliphatic carbocycles. The van der Waals surface area contributed by atoms with Crippen molar-refractivity contribution < 1.29 is 14.4 Å². The summed E-state index contributed by atoms with van der Waals surface area (Å²) in [4.78, 5) is 44.9. The summed E-state index contributed by atoms with van der Waals surface area (Å²) in [6.07, 6.45) is 5.53. The Balaban J connectivity index is 1.25. The largest absolute Gasteiger partial charge is 0.339 e. The molecule has 0 bridgehead atoms. The van der Waals surface area contributed by atoms with Gasteiger partial charge in [-0.05, 0) is 37.1 Å². The smallest absolute Gasteiger partial charge is 0.253 e. The summed E-state index contributed by atoms with van der Waals surface area (Å²) in [6.45, 7) is 2.31. The van der Waals surface area contributed by atoms with Crippen LogP contribution < -0.4 is 5.32 Å². The number of carbonyl (C=O) groups is 3. The average Bonchev–Trinajstić information content (AvgIpc) is 3.54. The normalized spacial score (nSPS) is 16.4. The molecule has 0 unspecified atom stereocenters. The van der Waals surface area contributed by atoms with Crippen LogP contribution in [0.25, 0.3) is 0 Å². The van der Waals surface area contributed by atoms with Crippen LogP contribution >= 0.6 is 11.8 Å². The molecule has 1 aromatic carbocycles. The first-order chi connectivity index (χ1) is 14.5. The Bertz CT molecular complexity index is 930. The first-order valence-electron chi connectivity index (χ1n) is 10.1. The molecule has 2 fully saturated rings. The van der Waals surface area contributed by atoms with Gasteiger partial charge in [-0.25, -0.2) is 4.98 Å². The molecule has 4 rings (SSSR count). The molecule has 158 valence electrons. The van der Waals surface area contributed by atoms with Gasteiger partial charge < -0.3 is 19.7 Å². The van der Waals surface area contributed by atoms with E-state index in [0.29, 0.717) is 37.4 Å². The first kappa shape index (κ1) is 20.5. The number of aryl methyl sites for hydroxylation is 1. The maximum Gasteiger partial charge on any atom is 0.253 e. The van der Waals surface area contributed by atoms with E-state index in [9.17, 15) is 14.4 Å². The molecule has 2 aromatic rings. The van der Waals surface area contributed by atoms with Crippen molar-refractivity contribution in [2.75, 3.05) is 37.2 Å². The number of anilines is 1. The fourth-order valence-electron chi connectivity index (χ4n) is 3.42. The standard InChI is InChI=1S/C21H25N5O3S/c1-24-9-8-22-21(24)30-14-18(27)23-17-6-4-16(5-7-17)20(29)26-12-10-25(11-13-26)19(28)15-2-3-15/h4-9,15H,2-3,10-14H2,1H3,(H,23,27). The molecule has 9 heteroatoms. The van der Waals surface area contributed by atoms with Gasteiger partial charge in [0, 0.05) is 62.8 Å². The van der Waals surface area contributed by atoms with Gasteiger partial charge in [0.25, 0.3) is 5.91 Å². The van der Waals surface area contributed by atoms with Crippen molar-refractivity contribution in [2.24, 2.45) is 13.0 Å². The van der Waals surface area contributed by atoms with Crippen LogP contribution in [-0.2, 0) is 16.6 Å². The molecule has 1 saturated carbocycles. The summed E-state index contributed by atoms with van der Waals surface area (Å²) >= 11 is 1.37. The third-order valence-corrected chi connectivity index (χ3v) is 6.39. The Morgan fingerprint density at radius 3 is 2.33 bits per heavy atom. The van der Waals surface area contributed by atoms with Crippen LogP contribution in [0, 0.1) is 5.92 Å². The van der Waals surface area contributed by atoms with E-state index >= 15 is 0 Å². The van der Waals surface area contributed by atoms with Crippen molar-refractivity contribution in [3.63, 3.8) is 0 Å². The summed E-state index contributed by atoms with van der Waals surface area (Å²) in [5, 5.41) is 3.62. The number of nitrogens with one attached hydrogen (secondary N) is 1. The van der Waals surface area contributed by atoms with Gasteiger partial charge in [0.15, 0.2) is 5.16 Å². The lowest BCUT2D eigenvalue weighted by molar-refractivity contribution is -0.134. The molecule has 3 amide bonds. The molecule has 0 radical (unpaired) electrons. The van der Waals surface area contributed by atoms with Gasteiger partial charge in [0.2, 0.25) is 11.8 Å². The van der Waals surface area contributed by atoms with Gasteiger partial charge in [-0.15, -0.1) is 0 Å². The molecule has 1 N–H and O–H groups in total. The predicted molar refractivity (Wildman–Crippen MR) is 114 cm³/mol. The van der Waals surface area contributed by atoms with Crippen LogP contribution in [0.2, 0.25) is 0 Å². The van der Waals surface area contributed by atoms with Crippen LogP contribution in [0.3, 0.4) is 0 Å². The Labute approximate surface area is 179 Å². The van der Waals surface area contributed by atoms with Gasteiger partial charge >= 0.3 is 0 Å². The van der Waals surface area contributed by atoms with E-state index < -0.39 is 0 Å². The minimum atomic E-state index is -0.126. The minimum absolute atomic E-state index is 0.0447. The minimum Gasteiger partial charge on any atom is -0.339 e. The molecule has 30 heavy (non-hydrogen) atoms. The van der Waals surface area contributed by atoms with Crippen LogP contribution in [0.5, 0.6) is 0 Å². The highest BCUT2D eigenvalue weighted by Crippen LogP contribution is 2.31. The van der Waals surface area contributed by atoms with Crippen LogP contribution in [0.1, 0.15) is 23.2 Å². The molecule has 2 heterocycles. The quantitative estimate of drug-likeness (QED) is 0.711. The number of aromatic nitrogens is 2. The number of rotatable bonds is 6. The lowest BCUT2D eigenvalue weighted by atomic mass is 10.1. The second-order valence-electron chi connectivity index (χ2n) is 7.63. The molecule has 1 aromatic heterocycles. The number of benzene rings is 1. The Hall–Kier alpha value is -2.81. The lowest BCUT2D eigenvalue weighted by Gasteiger charge is -2.35. The zero-order chi connectivity index (χ0) is 21.1. The van der Waals surface area contributed by atoms with Crippen LogP contribution in [0.4, 0.5) is 5.69 Å². The molecular weight excluding hydrogens is 402 g/mol. The van der Waals surface area contributed by atoms with E-state index in [-0.39, 0.29) is 29.4 Å². The SMILES string of the molecule is Cn1ccnc1SCC(=O)Nc1ccc(C(=O)N2CCN(C(=O)C3CC3)CC2)cc1. The summed E-state index contributed by atoms with van der Waals surface area (Å²) in [7, 11) is 1.88. The fraction of sp³-hybridized carbons (Fsp3) is 0.429. The third-order valence-electron chi connectivity index (χ3n) is 5.33. The number of thioether (sulfide) groups is 1. The highest BCUT2D eigenvalue weighted by atomic mass is 32.2. The van der Waals surface area contributed by atoms with Gasteiger partial charge in [0.1, 0.15) is 0 Å². The van der Waals surface area contributed by atoms with E-state index in [2.05, 4.69) is 10.3 Å². The maximum absolute atomic E-state index is 12.7. The molecular formula is C21H25N5O3S. The number of amides is 3. The van der Waals surface area contributed by atoms with Gasteiger partial charge in [0.05, 0.1) is 5.75 Å². The van der Waals surface area contributed by atoms with Crippen LogP contribution in [-0.4, -0.2) is 69.0 Å². The highest BCUT2D eigenvalue weighted by Gasteiger charge is 2.35. The fourth-order valence-corrected chi connectivity index (χ4v) is 4.15. The number of carbonyl (C=O) groups excluding carboxylic acids is 3. The average molecular weight is 428 g/mol. The Morgan fingerprint density at radius 2 is 1.73 bits per heavy atom. The van der Waals surface area contributed by atoms with E-state index in [1.54, 1.807) is 35.4 Å². The molecule has 8 nitrogen and oxygen atoms in total. The monoisotopic (exact) mass is 427 g/mol. The molecule has 0 spiro atoms. The topological polar surface area (TPSA) is 87.5 Å². The maximum atomic E-state index is 12.7. The molecule has 0 atom stereocenters. The van der Waals surface area contributed by atoms with Gasteiger partial charge in [-0.3, -0.25) is 14.4 Å². The van der Waals surface area contributed by atoms with E-state index in [1.165, 1.54) is 11.8 Å². The third kappa shape index (κ3) is 4.84. The number of piperazine rings is 1. The second kappa shape index (κ2) is 8.91. The second-order valence-corrected chi connectivity index (χ2v) is 8.57. The zero-order valence-corrected chi connectivity index (χ0v) is 17.7. The zero-order valence-electron chi connectivity index (χ0n) is 16.9. The summed E-state index contributed by atoms with van der Waals surface area (Å²) in [5.41, 5.74) is 1.23. The van der Waals surface area contributed by atoms with Crippen molar-refractivity contribution in [3.8, 4) is 0 Å². The Kier molecular flexibility index (Phi) is 6.08. The van der Waals surface area contributed by atoms with Gasteiger partial charge in [-0.1, -0.05) is 11.8 Å². The Morgan fingerprint density at radius 1 is 1.07 bits per heavy atom. The number of hydrogen-bond acceptors (Lipinski definition) is 5. The summed E-state index contributed by atoms with van der Waals surface area (Å²) < 4.78 is 1.86. The van der Waals surface area contributed by atoms with Crippen molar-refractivity contribution in [1.29, 1.82) is 0 Å². The lowest BCUT2D eigenvalue weighted by Crippen LogP contribution is -2.51. The number of imidazole rings is 1. The van der Waals surface area contributed by atoms with E-state index in [0.717, 1.165) is 18.0 Å². The summed E-state index contributed by atoms with van der Waals surface area (Å²) in [6, 6.07) is 6.93. The van der Waals surface area contributed by atoms with Crippen LogP contribution in [0.15, 0.2) is 41.8 Å². The highest BCUT2D eigenvalue weighted by molar-refractivity contribution is 7.99. The summed E-state index contributed by atoms with van der Waals surface area (Å²) in [5.74, 6) is 0.547. The molecule has 1 saturated heterocycles. The van der Waals surface area contributed by atoms with Crippen molar-refractivity contribution in [2.45, 2.75) is 18.0 Å². The van der Waals surface area contributed by atoms with E-state index in [1.807, 2.05) is 22.7 Å². The van der Waals surface area contributed by atoms with Crippen molar-refractivity contribution in [3.05, 3.63) is 42.2 Å². The van der Waals surface area contributed by atoms with Crippen molar-refractivity contribution in [1.82, 2.24) is 19.4 Å². The predicted octanol–water partition coefficient (Wildman–Crippen LogP) is 1.85. The van der Waals surface area contributed by atoms with E-state index in [4.69, 9.17) is 0 Å². The van der Waals surface area contributed by atoms with Gasteiger partial charge in [-0.2, -0.15) is 0 Å².